The maximum atomic E-state index is 13.9. The summed E-state index contributed by atoms with van der Waals surface area (Å²) in [6.45, 7) is 4.94. The van der Waals surface area contributed by atoms with Crippen LogP contribution in [0.4, 0.5) is 4.39 Å². The third-order valence-corrected chi connectivity index (χ3v) is 4.82. The summed E-state index contributed by atoms with van der Waals surface area (Å²) < 4.78 is 16.6. The van der Waals surface area contributed by atoms with Crippen LogP contribution in [0.3, 0.4) is 0 Å². The van der Waals surface area contributed by atoms with Crippen LogP contribution < -0.4 is 5.73 Å². The van der Waals surface area contributed by atoms with E-state index in [9.17, 15) is 9.18 Å². The normalized spacial score (nSPS) is 11.2. The molecule has 0 saturated carbocycles. The lowest BCUT2D eigenvalue weighted by atomic mass is 10.2. The number of carbonyl (C=O) groups is 1. The van der Waals surface area contributed by atoms with Gasteiger partial charge in [0.25, 0.3) is 0 Å². The second kappa shape index (κ2) is 8.62. The lowest BCUT2D eigenvalue weighted by Crippen LogP contribution is -2.15. The molecular weight excluding hydrogens is 395 g/mol. The summed E-state index contributed by atoms with van der Waals surface area (Å²) in [7, 11) is 0. The van der Waals surface area contributed by atoms with Crippen LogP contribution in [0.25, 0.3) is 0 Å². The quantitative estimate of drug-likeness (QED) is 0.670. The zero-order valence-electron chi connectivity index (χ0n) is 13.6. The molecule has 0 saturated heterocycles. The molecular formula is C16H20BrFN4OS. The van der Waals surface area contributed by atoms with Gasteiger partial charge in [0, 0.05) is 29.6 Å². The number of hydrogen-bond donors (Lipinski definition) is 1. The maximum absolute atomic E-state index is 13.9. The van der Waals surface area contributed by atoms with E-state index in [0.717, 1.165) is 17.5 Å². The fourth-order valence-corrected chi connectivity index (χ4v) is 3.46. The molecule has 1 aromatic heterocycles. The van der Waals surface area contributed by atoms with Gasteiger partial charge >= 0.3 is 0 Å². The number of hydrogen-bond acceptors (Lipinski definition) is 4. The van der Waals surface area contributed by atoms with Crippen LogP contribution in [0.15, 0.2) is 27.8 Å². The fraction of sp³-hybridized carbons (Fsp3) is 0.438. The molecule has 0 atom stereocenters. The van der Waals surface area contributed by atoms with Crippen molar-refractivity contribution in [3.8, 4) is 0 Å². The minimum Gasteiger partial charge on any atom is -0.370 e. The summed E-state index contributed by atoms with van der Waals surface area (Å²) in [5, 5.41) is 9.10. The second-order valence-electron chi connectivity index (χ2n) is 5.89. The van der Waals surface area contributed by atoms with Crippen LogP contribution in [0.1, 0.15) is 31.7 Å². The number of aromatic nitrogens is 3. The molecule has 1 amide bonds. The van der Waals surface area contributed by atoms with Crippen molar-refractivity contribution in [2.75, 3.05) is 0 Å². The lowest BCUT2D eigenvalue weighted by molar-refractivity contribution is -0.118. The van der Waals surface area contributed by atoms with E-state index in [1.807, 2.05) is 10.6 Å². The van der Waals surface area contributed by atoms with Gasteiger partial charge in [0.05, 0.1) is 0 Å². The fourth-order valence-electron chi connectivity index (χ4n) is 2.18. The Hall–Kier alpha value is -1.41. The highest BCUT2D eigenvalue weighted by molar-refractivity contribution is 9.10. The second-order valence-corrected chi connectivity index (χ2v) is 7.75. The van der Waals surface area contributed by atoms with Crippen LogP contribution in [-0.4, -0.2) is 20.7 Å². The minimum atomic E-state index is -0.361. The molecule has 1 aromatic carbocycles. The van der Waals surface area contributed by atoms with E-state index in [2.05, 4.69) is 40.0 Å². The molecule has 0 bridgehead atoms. The number of primary amides is 1. The zero-order valence-corrected chi connectivity index (χ0v) is 16.0. The van der Waals surface area contributed by atoms with E-state index in [4.69, 9.17) is 5.73 Å². The van der Waals surface area contributed by atoms with Crippen LogP contribution >= 0.6 is 27.7 Å². The highest BCUT2D eigenvalue weighted by Crippen LogP contribution is 2.26. The van der Waals surface area contributed by atoms with Crippen LogP contribution in [0.5, 0.6) is 0 Å². The molecule has 0 aliphatic heterocycles. The molecule has 5 nitrogen and oxygen atoms in total. The largest absolute Gasteiger partial charge is 0.370 e. The maximum Gasteiger partial charge on any atom is 0.217 e. The topological polar surface area (TPSA) is 73.8 Å². The predicted octanol–water partition coefficient (Wildman–Crippen LogP) is 3.55. The van der Waals surface area contributed by atoms with E-state index < -0.39 is 0 Å². The van der Waals surface area contributed by atoms with Gasteiger partial charge in [0.2, 0.25) is 5.91 Å². The first-order chi connectivity index (χ1) is 11.4. The highest BCUT2D eigenvalue weighted by atomic mass is 79.9. The van der Waals surface area contributed by atoms with Crippen molar-refractivity contribution >= 4 is 33.6 Å². The molecule has 130 valence electrons. The summed E-state index contributed by atoms with van der Waals surface area (Å²) >= 11 is 4.69. The standard InChI is InChI=1S/C16H20BrFN4OS/c1-10(2)8-22-15(6-5-14(19)23)20-21-16(22)24-9-11-3-4-12(17)7-13(11)18/h3-4,7,10H,5-6,8-9H2,1-2H3,(H2,19,23). The van der Waals surface area contributed by atoms with E-state index in [1.54, 1.807) is 6.07 Å². The molecule has 0 unspecified atom stereocenters. The summed E-state index contributed by atoms with van der Waals surface area (Å²) in [4.78, 5) is 11.0. The molecule has 2 rings (SSSR count). The number of amides is 1. The Balaban J connectivity index is 2.14. The molecule has 0 fully saturated rings. The number of nitrogens with zero attached hydrogens (tertiary/aromatic N) is 3. The molecule has 1 heterocycles. The number of aryl methyl sites for hydroxylation is 1. The van der Waals surface area contributed by atoms with E-state index >= 15 is 0 Å². The average Bonchev–Trinajstić information content (AvgIpc) is 2.85. The van der Waals surface area contributed by atoms with Gasteiger partial charge in [-0.25, -0.2) is 4.39 Å². The predicted molar refractivity (Wildman–Crippen MR) is 96.0 cm³/mol. The number of nitrogens with two attached hydrogens (primary N) is 1. The van der Waals surface area contributed by atoms with Crippen molar-refractivity contribution in [3.05, 3.63) is 39.9 Å². The Morgan fingerprint density at radius 1 is 1.42 bits per heavy atom. The van der Waals surface area contributed by atoms with E-state index in [-0.39, 0.29) is 18.1 Å². The van der Waals surface area contributed by atoms with Crippen molar-refractivity contribution in [3.63, 3.8) is 0 Å². The van der Waals surface area contributed by atoms with Crippen molar-refractivity contribution in [1.82, 2.24) is 14.8 Å². The third kappa shape index (κ3) is 5.31. The van der Waals surface area contributed by atoms with Gasteiger partial charge in [-0.2, -0.15) is 0 Å². The minimum absolute atomic E-state index is 0.238. The lowest BCUT2D eigenvalue weighted by Gasteiger charge is -2.12. The summed E-state index contributed by atoms with van der Waals surface area (Å²) in [6, 6.07) is 5.02. The number of carbonyl (C=O) groups excluding carboxylic acids is 1. The average molecular weight is 415 g/mol. The Kier molecular flexibility index (Phi) is 6.79. The van der Waals surface area contributed by atoms with E-state index in [1.165, 1.54) is 17.8 Å². The summed E-state index contributed by atoms with van der Waals surface area (Å²) in [6.07, 6.45) is 0.699. The molecule has 0 aliphatic rings. The van der Waals surface area contributed by atoms with Gasteiger partial charge < -0.3 is 10.3 Å². The monoisotopic (exact) mass is 414 g/mol. The van der Waals surface area contributed by atoms with Crippen molar-refractivity contribution in [2.24, 2.45) is 11.7 Å². The molecule has 2 N–H and O–H groups in total. The van der Waals surface area contributed by atoms with Crippen molar-refractivity contribution in [2.45, 2.75) is 44.1 Å². The Labute approximate surface area is 153 Å². The molecule has 0 spiro atoms. The molecule has 0 radical (unpaired) electrons. The van der Waals surface area contributed by atoms with Gasteiger partial charge in [0.1, 0.15) is 11.6 Å². The van der Waals surface area contributed by atoms with Gasteiger partial charge in [-0.1, -0.05) is 47.6 Å². The number of halogens is 2. The zero-order chi connectivity index (χ0) is 17.7. The van der Waals surface area contributed by atoms with Gasteiger partial charge in [-0.3, -0.25) is 4.79 Å². The van der Waals surface area contributed by atoms with Gasteiger partial charge in [0.15, 0.2) is 5.16 Å². The molecule has 24 heavy (non-hydrogen) atoms. The number of rotatable bonds is 8. The Morgan fingerprint density at radius 3 is 2.79 bits per heavy atom. The molecule has 8 heteroatoms. The number of thioether (sulfide) groups is 1. The van der Waals surface area contributed by atoms with Crippen molar-refractivity contribution < 1.29 is 9.18 Å². The smallest absolute Gasteiger partial charge is 0.217 e. The van der Waals surface area contributed by atoms with Crippen LogP contribution in [0, 0.1) is 11.7 Å². The first-order valence-corrected chi connectivity index (χ1v) is 9.41. The first kappa shape index (κ1) is 18.9. The molecule has 0 aliphatic carbocycles. The highest BCUT2D eigenvalue weighted by Gasteiger charge is 2.15. The number of benzene rings is 1. The van der Waals surface area contributed by atoms with Gasteiger partial charge in [-0.15, -0.1) is 10.2 Å². The van der Waals surface area contributed by atoms with Crippen LogP contribution in [-0.2, 0) is 23.5 Å². The summed E-state index contributed by atoms with van der Waals surface area (Å²) in [5.41, 5.74) is 5.83. The van der Waals surface area contributed by atoms with Crippen LogP contribution in [0.2, 0.25) is 0 Å². The third-order valence-electron chi connectivity index (χ3n) is 3.31. The van der Waals surface area contributed by atoms with E-state index in [0.29, 0.717) is 28.1 Å². The summed E-state index contributed by atoms with van der Waals surface area (Å²) in [5.74, 6) is 0.991. The first-order valence-electron chi connectivity index (χ1n) is 7.64. The molecule has 2 aromatic rings. The Bertz CT molecular complexity index is 720. The van der Waals surface area contributed by atoms with Gasteiger partial charge in [-0.05, 0) is 23.6 Å². The Morgan fingerprint density at radius 2 is 2.17 bits per heavy atom. The van der Waals surface area contributed by atoms with Crippen molar-refractivity contribution in [1.29, 1.82) is 0 Å². The SMILES string of the molecule is CC(C)Cn1c(CCC(N)=O)nnc1SCc1ccc(Br)cc1F.